The lowest BCUT2D eigenvalue weighted by atomic mass is 10.0. The molecule has 0 spiro atoms. The number of ether oxygens (including phenoxy) is 3. The van der Waals surface area contributed by atoms with Crippen LogP contribution in [0.5, 0.6) is 17.2 Å². The van der Waals surface area contributed by atoms with Crippen LogP contribution in [0.2, 0.25) is 0 Å². The van der Waals surface area contributed by atoms with Crippen molar-refractivity contribution in [3.8, 4) is 17.2 Å². The molecule has 4 heteroatoms. The zero-order chi connectivity index (χ0) is 11.8. The molecule has 1 aliphatic heterocycles. The van der Waals surface area contributed by atoms with Gasteiger partial charge in [-0.3, -0.25) is 4.98 Å². The minimum Gasteiger partial charge on any atom is -0.493 e. The van der Waals surface area contributed by atoms with Gasteiger partial charge in [0.15, 0.2) is 11.5 Å². The summed E-state index contributed by atoms with van der Waals surface area (Å²) in [4.78, 5) is 4.35. The third-order valence-corrected chi connectivity index (χ3v) is 2.79. The van der Waals surface area contributed by atoms with Gasteiger partial charge in [0.25, 0.3) is 0 Å². The highest BCUT2D eigenvalue weighted by Gasteiger charge is 2.18. The van der Waals surface area contributed by atoms with E-state index < -0.39 is 0 Å². The van der Waals surface area contributed by atoms with Crippen molar-refractivity contribution in [1.29, 1.82) is 0 Å². The highest BCUT2D eigenvalue weighted by atomic mass is 16.5. The van der Waals surface area contributed by atoms with Crippen molar-refractivity contribution >= 4 is 17.0 Å². The highest BCUT2D eigenvalue weighted by Crippen LogP contribution is 2.42. The van der Waals surface area contributed by atoms with Crippen molar-refractivity contribution in [1.82, 2.24) is 4.98 Å². The molecule has 2 aromatic rings. The lowest BCUT2D eigenvalue weighted by Gasteiger charge is -2.16. The fourth-order valence-corrected chi connectivity index (χ4v) is 2.05. The number of aromatic nitrogens is 1. The van der Waals surface area contributed by atoms with Gasteiger partial charge in [-0.2, -0.15) is 0 Å². The first-order chi connectivity index (χ1) is 8.35. The van der Waals surface area contributed by atoms with Crippen LogP contribution < -0.4 is 14.2 Å². The monoisotopic (exact) mass is 229 g/mol. The molecular formula is C13H11NO3. The first-order valence-electron chi connectivity index (χ1n) is 5.22. The van der Waals surface area contributed by atoms with Crippen LogP contribution in [0.4, 0.5) is 0 Å². The molecule has 0 radical (unpaired) electrons. The Morgan fingerprint density at radius 3 is 2.88 bits per heavy atom. The van der Waals surface area contributed by atoms with Gasteiger partial charge in [-0.05, 0) is 23.8 Å². The van der Waals surface area contributed by atoms with Gasteiger partial charge in [0.1, 0.15) is 11.3 Å². The van der Waals surface area contributed by atoms with E-state index >= 15 is 0 Å². The molecule has 0 unspecified atom stereocenters. The molecule has 0 amide bonds. The van der Waals surface area contributed by atoms with E-state index in [1.54, 1.807) is 26.7 Å². The molecule has 0 fully saturated rings. The molecule has 17 heavy (non-hydrogen) atoms. The quantitative estimate of drug-likeness (QED) is 0.793. The van der Waals surface area contributed by atoms with Gasteiger partial charge < -0.3 is 14.2 Å². The van der Waals surface area contributed by atoms with E-state index in [9.17, 15) is 0 Å². The Kier molecular flexibility index (Phi) is 2.14. The average molecular weight is 229 g/mol. The molecule has 0 saturated carbocycles. The maximum absolute atomic E-state index is 5.45. The topological polar surface area (TPSA) is 40.6 Å². The van der Waals surface area contributed by atoms with Crippen molar-refractivity contribution in [3.05, 3.63) is 30.2 Å². The maximum Gasteiger partial charge on any atom is 0.187 e. The summed E-state index contributed by atoms with van der Waals surface area (Å²) in [7, 11) is 3.22. The summed E-state index contributed by atoms with van der Waals surface area (Å²) in [6.45, 7) is 0. The van der Waals surface area contributed by atoms with Crippen LogP contribution in [0.3, 0.4) is 0 Å². The van der Waals surface area contributed by atoms with Crippen LogP contribution >= 0.6 is 0 Å². The number of hydrogen-bond donors (Lipinski definition) is 0. The fraction of sp³-hybridized carbons (Fsp3) is 0.154. The first-order valence-corrected chi connectivity index (χ1v) is 5.22. The van der Waals surface area contributed by atoms with Gasteiger partial charge in [-0.1, -0.05) is 0 Å². The number of pyridine rings is 1. The summed E-state index contributed by atoms with van der Waals surface area (Å²) in [6.07, 6.45) is 5.24. The number of nitrogens with zero attached hydrogens (tertiary/aromatic N) is 1. The summed E-state index contributed by atoms with van der Waals surface area (Å²) in [5.74, 6) is 2.09. The molecule has 3 rings (SSSR count). The van der Waals surface area contributed by atoms with E-state index in [1.165, 1.54) is 0 Å². The second kappa shape index (κ2) is 3.66. The Balaban J connectivity index is 2.47. The molecule has 86 valence electrons. The standard InChI is InChI=1S/C13H11NO3/c1-15-10-7-8-4-6-17-9-3-5-14-12(11(8)9)13(10)16-2/h3-7H,1-2H3. The zero-order valence-electron chi connectivity index (χ0n) is 9.56. The van der Waals surface area contributed by atoms with Crippen molar-refractivity contribution in [2.24, 2.45) is 0 Å². The minimum absolute atomic E-state index is 0.631. The lowest BCUT2D eigenvalue weighted by Crippen LogP contribution is -1.99. The zero-order valence-corrected chi connectivity index (χ0v) is 9.56. The van der Waals surface area contributed by atoms with E-state index in [2.05, 4.69) is 4.98 Å². The molecule has 0 aliphatic carbocycles. The van der Waals surface area contributed by atoms with Crippen molar-refractivity contribution < 1.29 is 14.2 Å². The third-order valence-electron chi connectivity index (χ3n) is 2.79. The minimum atomic E-state index is 0.631. The number of rotatable bonds is 2. The molecule has 1 aromatic carbocycles. The summed E-state index contributed by atoms with van der Waals surface area (Å²) < 4.78 is 16.1. The largest absolute Gasteiger partial charge is 0.493 e. The molecule has 0 saturated heterocycles. The second-order valence-electron chi connectivity index (χ2n) is 3.65. The summed E-state index contributed by atoms with van der Waals surface area (Å²) in [5, 5.41) is 0.952. The third kappa shape index (κ3) is 1.34. The van der Waals surface area contributed by atoms with Crippen LogP contribution in [0, 0.1) is 0 Å². The molecule has 0 atom stereocenters. The van der Waals surface area contributed by atoms with Crippen LogP contribution in [0.15, 0.2) is 24.6 Å². The van der Waals surface area contributed by atoms with E-state index in [0.29, 0.717) is 11.5 Å². The van der Waals surface area contributed by atoms with Crippen LogP contribution in [-0.2, 0) is 0 Å². The lowest BCUT2D eigenvalue weighted by molar-refractivity contribution is 0.357. The molecule has 0 bridgehead atoms. The van der Waals surface area contributed by atoms with Crippen LogP contribution in [0.1, 0.15) is 5.56 Å². The van der Waals surface area contributed by atoms with Gasteiger partial charge in [-0.25, -0.2) is 0 Å². The molecule has 4 nitrogen and oxygen atoms in total. The summed E-state index contributed by atoms with van der Waals surface area (Å²) in [5.41, 5.74) is 1.77. The summed E-state index contributed by atoms with van der Waals surface area (Å²) >= 11 is 0. The van der Waals surface area contributed by atoms with E-state index in [1.807, 2.05) is 18.2 Å². The second-order valence-corrected chi connectivity index (χ2v) is 3.65. The van der Waals surface area contributed by atoms with Crippen molar-refractivity contribution in [3.63, 3.8) is 0 Å². The fourth-order valence-electron chi connectivity index (χ4n) is 2.05. The Labute approximate surface area is 98.4 Å². The Hall–Kier alpha value is -2.23. The first kappa shape index (κ1) is 9.96. The van der Waals surface area contributed by atoms with E-state index in [4.69, 9.17) is 14.2 Å². The van der Waals surface area contributed by atoms with Crippen LogP contribution in [-0.4, -0.2) is 19.2 Å². The Morgan fingerprint density at radius 2 is 2.12 bits per heavy atom. The molecule has 0 N–H and O–H groups in total. The van der Waals surface area contributed by atoms with Crippen molar-refractivity contribution in [2.75, 3.05) is 14.2 Å². The molecule has 1 aromatic heterocycles. The number of hydrogen-bond acceptors (Lipinski definition) is 4. The van der Waals surface area contributed by atoms with Gasteiger partial charge in [-0.15, -0.1) is 0 Å². The van der Waals surface area contributed by atoms with Gasteiger partial charge in [0, 0.05) is 6.20 Å². The Morgan fingerprint density at radius 1 is 1.24 bits per heavy atom. The molecular weight excluding hydrogens is 218 g/mol. The number of methoxy groups -OCH3 is 2. The van der Waals surface area contributed by atoms with Gasteiger partial charge in [0.2, 0.25) is 0 Å². The van der Waals surface area contributed by atoms with Crippen LogP contribution in [0.25, 0.3) is 17.0 Å². The van der Waals surface area contributed by atoms with E-state index in [0.717, 1.165) is 22.2 Å². The molecule has 1 aliphatic rings. The van der Waals surface area contributed by atoms with Gasteiger partial charge >= 0.3 is 0 Å². The molecule has 2 heterocycles. The predicted octanol–water partition coefficient (Wildman–Crippen LogP) is 2.62. The van der Waals surface area contributed by atoms with Gasteiger partial charge in [0.05, 0.1) is 25.9 Å². The Bertz CT molecular complexity index is 620. The summed E-state index contributed by atoms with van der Waals surface area (Å²) in [6, 6.07) is 3.76. The van der Waals surface area contributed by atoms with E-state index in [-0.39, 0.29) is 0 Å². The normalized spacial score (nSPS) is 12.4. The predicted molar refractivity (Wildman–Crippen MR) is 64.5 cm³/mol. The van der Waals surface area contributed by atoms with Crippen molar-refractivity contribution in [2.45, 2.75) is 0 Å². The maximum atomic E-state index is 5.45. The smallest absolute Gasteiger partial charge is 0.187 e. The SMILES string of the molecule is COc1cc2c3c(ccnc3c1OC)OC=C2. The average Bonchev–Trinajstić information content (AvgIpc) is 2.39. The number of benzene rings is 1. The highest BCUT2D eigenvalue weighted by molar-refractivity contribution is 5.99.